The van der Waals surface area contributed by atoms with E-state index in [4.69, 9.17) is 0 Å². The summed E-state index contributed by atoms with van der Waals surface area (Å²) in [5.74, 6) is 0.852. The van der Waals surface area contributed by atoms with Crippen molar-refractivity contribution in [3.05, 3.63) is 66.0 Å². The first-order valence-electron chi connectivity index (χ1n) is 10.1. The number of nitrogens with zero attached hydrogens (tertiary/aromatic N) is 3. The third kappa shape index (κ3) is 6.47. The minimum absolute atomic E-state index is 0.267. The van der Waals surface area contributed by atoms with Crippen molar-refractivity contribution >= 4 is 5.91 Å². The van der Waals surface area contributed by atoms with Crippen LogP contribution in [0.4, 0.5) is 0 Å². The fourth-order valence-corrected chi connectivity index (χ4v) is 3.92. The van der Waals surface area contributed by atoms with Gasteiger partial charge in [-0.2, -0.15) is 0 Å². The zero-order valence-electron chi connectivity index (χ0n) is 16.4. The van der Waals surface area contributed by atoms with Crippen molar-refractivity contribution in [2.75, 3.05) is 33.2 Å². The highest BCUT2D eigenvalue weighted by atomic mass is 16.2. The number of aryl methyl sites for hydroxylation is 1. The number of pyridine rings is 1. The molecule has 1 aromatic carbocycles. The van der Waals surface area contributed by atoms with Crippen LogP contribution in [0.2, 0.25) is 0 Å². The Morgan fingerprint density at radius 2 is 1.96 bits per heavy atom. The molecule has 0 spiro atoms. The standard InChI is InChI=1S/C23H31N3O/c1-25-15-6-10-22(18-25)19-26(16-13-20-7-3-2-4-8-20)23(27)12-11-21-9-5-14-24-17-21/h2-5,7-9,14,17,22H,6,10-13,15-16,18-19H2,1H3. The zero-order valence-corrected chi connectivity index (χ0v) is 16.4. The van der Waals surface area contributed by atoms with E-state index in [-0.39, 0.29) is 5.91 Å². The quantitative estimate of drug-likeness (QED) is 0.719. The van der Waals surface area contributed by atoms with Gasteiger partial charge in [0.25, 0.3) is 0 Å². The maximum atomic E-state index is 13.0. The molecular weight excluding hydrogens is 334 g/mol. The van der Waals surface area contributed by atoms with Crippen LogP contribution in [0, 0.1) is 5.92 Å². The Balaban J connectivity index is 1.59. The highest BCUT2D eigenvalue weighted by Gasteiger charge is 2.22. The first-order chi connectivity index (χ1) is 13.2. The van der Waals surface area contributed by atoms with E-state index in [9.17, 15) is 4.79 Å². The van der Waals surface area contributed by atoms with Gasteiger partial charge in [0.15, 0.2) is 0 Å². The summed E-state index contributed by atoms with van der Waals surface area (Å²) < 4.78 is 0. The predicted molar refractivity (Wildman–Crippen MR) is 110 cm³/mol. The number of likely N-dealkylation sites (tertiary alicyclic amines) is 1. The Morgan fingerprint density at radius 1 is 1.15 bits per heavy atom. The molecule has 1 amide bonds. The summed E-state index contributed by atoms with van der Waals surface area (Å²) in [5.41, 5.74) is 2.43. The molecule has 1 saturated heterocycles. The third-order valence-corrected chi connectivity index (χ3v) is 5.42. The van der Waals surface area contributed by atoms with E-state index in [1.54, 1.807) is 6.20 Å². The van der Waals surface area contributed by atoms with Crippen LogP contribution in [0.1, 0.15) is 30.4 Å². The average Bonchev–Trinajstić information content (AvgIpc) is 2.71. The summed E-state index contributed by atoms with van der Waals surface area (Å²) in [5, 5.41) is 0. The van der Waals surface area contributed by atoms with E-state index >= 15 is 0 Å². The lowest BCUT2D eigenvalue weighted by Gasteiger charge is -2.34. The van der Waals surface area contributed by atoms with Gasteiger partial charge in [-0.15, -0.1) is 0 Å². The molecule has 1 aliphatic heterocycles. The Bertz CT molecular complexity index is 689. The number of rotatable bonds is 8. The summed E-state index contributed by atoms with van der Waals surface area (Å²) in [6.45, 7) is 3.95. The largest absolute Gasteiger partial charge is 0.342 e. The molecule has 1 aliphatic rings. The van der Waals surface area contributed by atoms with E-state index in [0.29, 0.717) is 12.3 Å². The first-order valence-corrected chi connectivity index (χ1v) is 10.1. The van der Waals surface area contributed by atoms with Crippen LogP contribution < -0.4 is 0 Å². The predicted octanol–water partition coefficient (Wildman–Crippen LogP) is 3.43. The summed E-state index contributed by atoms with van der Waals surface area (Å²) in [4.78, 5) is 21.6. The van der Waals surface area contributed by atoms with Crippen LogP contribution in [0.15, 0.2) is 54.9 Å². The maximum Gasteiger partial charge on any atom is 0.222 e. The van der Waals surface area contributed by atoms with Crippen LogP contribution >= 0.6 is 0 Å². The van der Waals surface area contributed by atoms with E-state index in [1.807, 2.05) is 24.4 Å². The Kier molecular flexibility index (Phi) is 7.40. The minimum atomic E-state index is 0.267. The van der Waals surface area contributed by atoms with Crippen LogP contribution in [0.3, 0.4) is 0 Å². The topological polar surface area (TPSA) is 36.4 Å². The SMILES string of the molecule is CN1CCCC(CN(CCc2ccccc2)C(=O)CCc2cccnc2)C1. The van der Waals surface area contributed by atoms with Gasteiger partial charge in [-0.25, -0.2) is 0 Å². The molecule has 1 aromatic heterocycles. The Labute approximate surface area is 163 Å². The number of hydrogen-bond donors (Lipinski definition) is 0. The number of carbonyl (C=O) groups excluding carboxylic acids is 1. The van der Waals surface area contributed by atoms with E-state index < -0.39 is 0 Å². The monoisotopic (exact) mass is 365 g/mol. The molecule has 1 atom stereocenters. The van der Waals surface area contributed by atoms with E-state index in [2.05, 4.69) is 46.1 Å². The van der Waals surface area contributed by atoms with Crippen LogP contribution in [-0.4, -0.2) is 53.9 Å². The zero-order chi connectivity index (χ0) is 18.9. The van der Waals surface area contributed by atoms with Crippen molar-refractivity contribution in [3.63, 3.8) is 0 Å². The normalized spacial score (nSPS) is 17.6. The summed E-state index contributed by atoms with van der Waals surface area (Å²) in [6.07, 6.45) is 8.33. The lowest BCUT2D eigenvalue weighted by atomic mass is 9.97. The number of carbonyl (C=O) groups is 1. The van der Waals surface area contributed by atoms with Gasteiger partial charge in [0.1, 0.15) is 0 Å². The van der Waals surface area contributed by atoms with Gasteiger partial charge in [0.05, 0.1) is 0 Å². The molecule has 1 unspecified atom stereocenters. The molecule has 0 N–H and O–H groups in total. The van der Waals surface area contributed by atoms with Crippen molar-refractivity contribution in [3.8, 4) is 0 Å². The lowest BCUT2D eigenvalue weighted by molar-refractivity contribution is -0.132. The molecule has 0 saturated carbocycles. The minimum Gasteiger partial charge on any atom is -0.342 e. The highest BCUT2D eigenvalue weighted by Crippen LogP contribution is 2.18. The van der Waals surface area contributed by atoms with Gasteiger partial charge in [0.2, 0.25) is 5.91 Å². The summed E-state index contributed by atoms with van der Waals surface area (Å²) in [6, 6.07) is 14.5. The lowest BCUT2D eigenvalue weighted by Crippen LogP contribution is -2.42. The van der Waals surface area contributed by atoms with Crippen LogP contribution in [0.25, 0.3) is 0 Å². The Hall–Kier alpha value is -2.20. The van der Waals surface area contributed by atoms with E-state index in [0.717, 1.165) is 38.0 Å². The first kappa shape index (κ1) is 19.6. The van der Waals surface area contributed by atoms with Crippen LogP contribution in [-0.2, 0) is 17.6 Å². The number of hydrogen-bond acceptors (Lipinski definition) is 3. The van der Waals surface area contributed by atoms with Gasteiger partial charge in [-0.1, -0.05) is 36.4 Å². The van der Waals surface area contributed by atoms with Crippen molar-refractivity contribution < 1.29 is 4.79 Å². The summed E-state index contributed by atoms with van der Waals surface area (Å²) >= 11 is 0. The second-order valence-electron chi connectivity index (χ2n) is 7.71. The second-order valence-corrected chi connectivity index (χ2v) is 7.71. The molecular formula is C23H31N3O. The molecule has 2 aromatic rings. The fourth-order valence-electron chi connectivity index (χ4n) is 3.92. The van der Waals surface area contributed by atoms with Crippen LogP contribution in [0.5, 0.6) is 0 Å². The van der Waals surface area contributed by atoms with Gasteiger partial charge >= 0.3 is 0 Å². The van der Waals surface area contributed by atoms with Gasteiger partial charge in [0, 0.05) is 38.4 Å². The number of piperidine rings is 1. The Morgan fingerprint density at radius 3 is 2.70 bits per heavy atom. The third-order valence-electron chi connectivity index (χ3n) is 5.42. The van der Waals surface area contributed by atoms with E-state index in [1.165, 1.54) is 24.9 Å². The van der Waals surface area contributed by atoms with Gasteiger partial charge in [-0.05, 0) is 62.4 Å². The molecule has 0 aliphatic carbocycles. The van der Waals surface area contributed by atoms with Crippen molar-refractivity contribution in [1.29, 1.82) is 0 Å². The molecule has 0 radical (unpaired) electrons. The average molecular weight is 366 g/mol. The molecule has 4 nitrogen and oxygen atoms in total. The molecule has 2 heterocycles. The molecule has 1 fully saturated rings. The number of amides is 1. The molecule has 3 rings (SSSR count). The number of aromatic nitrogens is 1. The summed E-state index contributed by atoms with van der Waals surface area (Å²) in [7, 11) is 2.19. The van der Waals surface area contributed by atoms with Crippen molar-refractivity contribution in [2.45, 2.75) is 32.1 Å². The molecule has 4 heteroatoms. The highest BCUT2D eigenvalue weighted by molar-refractivity contribution is 5.76. The maximum absolute atomic E-state index is 13.0. The van der Waals surface area contributed by atoms with Gasteiger partial charge < -0.3 is 9.80 Å². The molecule has 0 bridgehead atoms. The second kappa shape index (κ2) is 10.2. The fraction of sp³-hybridized carbons (Fsp3) is 0.478. The molecule has 27 heavy (non-hydrogen) atoms. The number of benzene rings is 1. The smallest absolute Gasteiger partial charge is 0.222 e. The molecule has 144 valence electrons. The van der Waals surface area contributed by atoms with Crippen molar-refractivity contribution in [1.82, 2.24) is 14.8 Å². The van der Waals surface area contributed by atoms with Gasteiger partial charge in [-0.3, -0.25) is 9.78 Å². The van der Waals surface area contributed by atoms with Crippen molar-refractivity contribution in [2.24, 2.45) is 5.92 Å².